The smallest absolute Gasteiger partial charge is 0.239 e. The van der Waals surface area contributed by atoms with Crippen LogP contribution in [0.4, 0.5) is 0 Å². The van der Waals surface area contributed by atoms with Gasteiger partial charge in [-0.15, -0.1) is 0 Å². The third-order valence-corrected chi connectivity index (χ3v) is 4.44. The summed E-state index contributed by atoms with van der Waals surface area (Å²) in [6.45, 7) is 1.56. The van der Waals surface area contributed by atoms with Crippen LogP contribution < -0.4 is 4.72 Å². The summed E-state index contributed by atoms with van der Waals surface area (Å²) in [6, 6.07) is 15.8. The molecule has 0 saturated carbocycles. The molecule has 6 nitrogen and oxygen atoms in total. The van der Waals surface area contributed by atoms with Crippen LogP contribution in [0.2, 0.25) is 0 Å². The number of amides is 1. The standard InChI is InChI=1S/C18H18N2O4S/c1-12(18(21)20-25(2,22)23)11-24-19-17-15-9-5-3-7-13(15)14-8-4-6-10-16(14)17/h3-10,12H,11H2,1-2H3,(H,20,21)/t12-/m1/s1. The fourth-order valence-corrected chi connectivity index (χ4v) is 3.23. The van der Waals surface area contributed by atoms with Gasteiger partial charge in [-0.1, -0.05) is 60.6 Å². The van der Waals surface area contributed by atoms with E-state index in [-0.39, 0.29) is 6.61 Å². The summed E-state index contributed by atoms with van der Waals surface area (Å²) in [4.78, 5) is 17.1. The summed E-state index contributed by atoms with van der Waals surface area (Å²) in [7, 11) is -3.58. The highest BCUT2D eigenvalue weighted by Gasteiger charge is 2.25. The van der Waals surface area contributed by atoms with E-state index >= 15 is 0 Å². The second-order valence-corrected chi connectivity index (χ2v) is 7.71. The van der Waals surface area contributed by atoms with Crippen LogP contribution in [0.15, 0.2) is 53.7 Å². The second-order valence-electron chi connectivity index (χ2n) is 5.97. The van der Waals surface area contributed by atoms with Gasteiger partial charge in [-0.3, -0.25) is 9.52 Å². The fraction of sp³-hybridized carbons (Fsp3) is 0.222. The number of hydrogen-bond donors (Lipinski definition) is 1. The molecular formula is C18H18N2O4S. The van der Waals surface area contributed by atoms with Crippen molar-refractivity contribution in [3.8, 4) is 11.1 Å². The lowest BCUT2D eigenvalue weighted by Crippen LogP contribution is -2.35. The number of nitrogens with one attached hydrogen (secondary N) is 1. The van der Waals surface area contributed by atoms with Crippen molar-refractivity contribution in [2.75, 3.05) is 12.9 Å². The number of benzene rings is 2. The molecule has 0 spiro atoms. The lowest BCUT2D eigenvalue weighted by molar-refractivity contribution is -0.124. The van der Waals surface area contributed by atoms with Crippen molar-refractivity contribution in [3.05, 3.63) is 59.7 Å². The SMILES string of the molecule is C[C@H](CON=C1c2ccccc2-c2ccccc21)C(=O)NS(C)(=O)=O. The summed E-state index contributed by atoms with van der Waals surface area (Å²) in [5.74, 6) is -1.26. The van der Waals surface area contributed by atoms with Gasteiger partial charge < -0.3 is 4.84 Å². The first-order valence-corrected chi connectivity index (χ1v) is 9.67. The van der Waals surface area contributed by atoms with E-state index in [9.17, 15) is 13.2 Å². The zero-order chi connectivity index (χ0) is 18.0. The number of oxime groups is 1. The molecule has 2 aromatic carbocycles. The highest BCUT2D eigenvalue weighted by Crippen LogP contribution is 2.36. The number of carbonyl (C=O) groups is 1. The van der Waals surface area contributed by atoms with E-state index < -0.39 is 21.8 Å². The van der Waals surface area contributed by atoms with Crippen LogP contribution in [-0.2, 0) is 19.7 Å². The van der Waals surface area contributed by atoms with E-state index in [1.807, 2.05) is 53.3 Å². The van der Waals surface area contributed by atoms with Crippen molar-refractivity contribution in [2.24, 2.45) is 11.1 Å². The van der Waals surface area contributed by atoms with Gasteiger partial charge in [0.1, 0.15) is 12.3 Å². The van der Waals surface area contributed by atoms with Crippen molar-refractivity contribution in [1.82, 2.24) is 4.72 Å². The van der Waals surface area contributed by atoms with Gasteiger partial charge in [-0.2, -0.15) is 0 Å². The first-order chi connectivity index (χ1) is 11.9. The number of nitrogens with zero attached hydrogens (tertiary/aromatic N) is 1. The highest BCUT2D eigenvalue weighted by molar-refractivity contribution is 7.89. The van der Waals surface area contributed by atoms with Crippen LogP contribution in [-0.4, -0.2) is 32.9 Å². The molecule has 0 saturated heterocycles. The van der Waals surface area contributed by atoms with Crippen molar-refractivity contribution in [1.29, 1.82) is 0 Å². The Bertz CT molecular complexity index is 904. The Morgan fingerprint density at radius 3 is 2.00 bits per heavy atom. The molecule has 1 aliphatic carbocycles. The molecule has 2 aromatic rings. The van der Waals surface area contributed by atoms with Gasteiger partial charge in [-0.25, -0.2) is 8.42 Å². The molecule has 7 heteroatoms. The van der Waals surface area contributed by atoms with E-state index in [0.29, 0.717) is 5.71 Å². The van der Waals surface area contributed by atoms with Crippen LogP contribution in [0, 0.1) is 5.92 Å². The molecule has 3 rings (SSSR count). The maximum Gasteiger partial charge on any atom is 0.239 e. The minimum Gasteiger partial charge on any atom is -0.394 e. The van der Waals surface area contributed by atoms with Crippen LogP contribution >= 0.6 is 0 Å². The van der Waals surface area contributed by atoms with E-state index in [2.05, 4.69) is 5.16 Å². The molecule has 1 amide bonds. The van der Waals surface area contributed by atoms with Gasteiger partial charge >= 0.3 is 0 Å². The number of rotatable bonds is 5. The third kappa shape index (κ3) is 3.71. The van der Waals surface area contributed by atoms with Gasteiger partial charge in [-0.05, 0) is 11.1 Å². The zero-order valence-electron chi connectivity index (χ0n) is 13.9. The summed E-state index contributed by atoms with van der Waals surface area (Å²) in [6.07, 6.45) is 0.936. The molecule has 25 heavy (non-hydrogen) atoms. The third-order valence-electron chi connectivity index (χ3n) is 3.87. The van der Waals surface area contributed by atoms with Gasteiger partial charge in [0.15, 0.2) is 0 Å². The zero-order valence-corrected chi connectivity index (χ0v) is 14.7. The normalized spacial score (nSPS) is 13.6. The lowest BCUT2D eigenvalue weighted by atomic mass is 10.1. The summed E-state index contributed by atoms with van der Waals surface area (Å²) >= 11 is 0. The molecule has 1 aliphatic rings. The molecule has 0 radical (unpaired) electrons. The minimum atomic E-state index is -3.58. The summed E-state index contributed by atoms with van der Waals surface area (Å²) < 4.78 is 24.1. The number of carbonyl (C=O) groups excluding carboxylic acids is 1. The largest absolute Gasteiger partial charge is 0.394 e. The molecule has 0 aliphatic heterocycles. The molecule has 1 N–H and O–H groups in total. The Morgan fingerprint density at radius 2 is 1.52 bits per heavy atom. The van der Waals surface area contributed by atoms with Gasteiger partial charge in [0.2, 0.25) is 15.9 Å². The van der Waals surface area contributed by atoms with Crippen LogP contribution in [0.3, 0.4) is 0 Å². The first-order valence-electron chi connectivity index (χ1n) is 7.77. The van der Waals surface area contributed by atoms with E-state index in [1.54, 1.807) is 6.92 Å². The maximum absolute atomic E-state index is 11.8. The van der Waals surface area contributed by atoms with Crippen LogP contribution in [0.1, 0.15) is 18.1 Å². The van der Waals surface area contributed by atoms with Gasteiger partial charge in [0, 0.05) is 11.1 Å². The monoisotopic (exact) mass is 358 g/mol. The molecule has 0 bridgehead atoms. The van der Waals surface area contributed by atoms with Crippen LogP contribution in [0.5, 0.6) is 0 Å². The Kier molecular flexibility index (Phi) is 4.59. The molecular weight excluding hydrogens is 340 g/mol. The summed E-state index contributed by atoms with van der Waals surface area (Å²) in [5, 5.41) is 4.21. The second kappa shape index (κ2) is 6.68. The molecule has 0 aromatic heterocycles. The van der Waals surface area contributed by atoms with Crippen molar-refractivity contribution in [2.45, 2.75) is 6.92 Å². The lowest BCUT2D eigenvalue weighted by Gasteiger charge is -2.10. The number of fused-ring (bicyclic) bond motifs is 3. The Balaban J connectivity index is 1.77. The van der Waals surface area contributed by atoms with E-state index in [4.69, 9.17) is 4.84 Å². The molecule has 0 heterocycles. The quantitative estimate of drug-likeness (QED) is 0.708. The van der Waals surface area contributed by atoms with E-state index in [1.165, 1.54) is 0 Å². The Labute approximate surface area is 146 Å². The topological polar surface area (TPSA) is 84.8 Å². The van der Waals surface area contributed by atoms with Crippen molar-refractivity contribution >= 4 is 21.6 Å². The van der Waals surface area contributed by atoms with Crippen LogP contribution in [0.25, 0.3) is 11.1 Å². The summed E-state index contributed by atoms with van der Waals surface area (Å²) in [5.41, 5.74) is 4.82. The maximum atomic E-state index is 11.8. The van der Waals surface area contributed by atoms with Gasteiger partial charge in [0.05, 0.1) is 12.2 Å². The highest BCUT2D eigenvalue weighted by atomic mass is 32.2. The Hall–Kier alpha value is -2.67. The average Bonchev–Trinajstić information content (AvgIpc) is 2.88. The molecule has 0 fully saturated rings. The molecule has 130 valence electrons. The first kappa shape index (κ1) is 17.2. The molecule has 0 unspecified atom stereocenters. The number of sulfonamides is 1. The predicted molar refractivity (Wildman–Crippen MR) is 95.6 cm³/mol. The number of hydrogen-bond acceptors (Lipinski definition) is 5. The predicted octanol–water partition coefficient (Wildman–Crippen LogP) is 2.15. The van der Waals surface area contributed by atoms with E-state index in [0.717, 1.165) is 28.5 Å². The fourth-order valence-electron chi connectivity index (χ4n) is 2.67. The van der Waals surface area contributed by atoms with Gasteiger partial charge in [0.25, 0.3) is 0 Å². The Morgan fingerprint density at radius 1 is 1.04 bits per heavy atom. The van der Waals surface area contributed by atoms with Crippen molar-refractivity contribution in [3.63, 3.8) is 0 Å². The molecule has 1 atom stereocenters. The van der Waals surface area contributed by atoms with Crippen molar-refractivity contribution < 1.29 is 18.0 Å². The minimum absolute atomic E-state index is 0.0187. The average molecular weight is 358 g/mol.